The number of carboxylic acids is 1. The largest absolute Gasteiger partial charge is 0.480 e. The van der Waals surface area contributed by atoms with Crippen LogP contribution in [-0.4, -0.2) is 77.9 Å². The minimum absolute atomic E-state index is 0.104. The molecule has 1 aliphatic rings. The number of amides is 4. The summed E-state index contributed by atoms with van der Waals surface area (Å²) in [5.41, 5.74) is 15.9. The molecule has 1 fully saturated rings. The first-order valence-corrected chi connectivity index (χ1v) is 12.2. The predicted octanol–water partition coefficient (Wildman–Crippen LogP) is -2.36. The third-order valence-corrected chi connectivity index (χ3v) is 6.04. The van der Waals surface area contributed by atoms with Crippen molar-refractivity contribution < 1.29 is 29.1 Å². The fourth-order valence-electron chi connectivity index (χ4n) is 3.72. The summed E-state index contributed by atoms with van der Waals surface area (Å²) >= 11 is 0. The highest BCUT2D eigenvalue weighted by atomic mass is 16.4. The standard InChI is InChI=1S/C22H40N8O6/c1-3-12(2)17(21(35)36)30-20(34)15(8-9-16(23)31)29-19(33)14(7-5-11-27-22(24)25)28-18(32)13-6-4-10-26-13/h12-15,17,26H,3-11H2,1-2H3,(H2,23,31)(H,28,32)(H,29,33)(H,30,34)(H,35,36)(H4,24,25,27). The molecular weight excluding hydrogens is 472 g/mol. The van der Waals surface area contributed by atoms with Crippen molar-refractivity contribution >= 4 is 35.6 Å². The summed E-state index contributed by atoms with van der Waals surface area (Å²) in [7, 11) is 0. The minimum atomic E-state index is -1.24. The van der Waals surface area contributed by atoms with Crippen molar-refractivity contribution in [3.05, 3.63) is 0 Å². The van der Waals surface area contributed by atoms with Crippen molar-refractivity contribution in [2.24, 2.45) is 28.1 Å². The highest BCUT2D eigenvalue weighted by molar-refractivity contribution is 5.94. The number of guanidine groups is 1. The Labute approximate surface area is 210 Å². The van der Waals surface area contributed by atoms with Gasteiger partial charge in [0.05, 0.1) is 6.04 Å². The van der Waals surface area contributed by atoms with Crippen LogP contribution in [0.3, 0.4) is 0 Å². The first-order valence-electron chi connectivity index (χ1n) is 12.2. The van der Waals surface area contributed by atoms with Crippen LogP contribution in [0.15, 0.2) is 4.99 Å². The molecule has 5 unspecified atom stereocenters. The van der Waals surface area contributed by atoms with Gasteiger partial charge in [-0.3, -0.25) is 24.2 Å². The van der Waals surface area contributed by atoms with E-state index in [1.165, 1.54) is 0 Å². The lowest BCUT2D eigenvalue weighted by atomic mass is 9.98. The summed E-state index contributed by atoms with van der Waals surface area (Å²) in [6, 6.07) is -3.86. The summed E-state index contributed by atoms with van der Waals surface area (Å²) in [5, 5.41) is 20.2. The molecule has 1 aliphatic heterocycles. The topological polar surface area (TPSA) is 244 Å². The Morgan fingerprint density at radius 2 is 1.67 bits per heavy atom. The number of rotatable bonds is 16. The number of carbonyl (C=O) groups is 5. The van der Waals surface area contributed by atoms with Crippen LogP contribution in [0.2, 0.25) is 0 Å². The fraction of sp³-hybridized carbons (Fsp3) is 0.727. The van der Waals surface area contributed by atoms with Gasteiger partial charge in [-0.25, -0.2) is 4.79 Å². The highest BCUT2D eigenvalue weighted by Crippen LogP contribution is 2.10. The van der Waals surface area contributed by atoms with E-state index in [0.29, 0.717) is 25.8 Å². The van der Waals surface area contributed by atoms with E-state index in [-0.39, 0.29) is 43.6 Å². The van der Waals surface area contributed by atoms with Gasteiger partial charge in [-0.05, 0) is 44.6 Å². The zero-order valence-electron chi connectivity index (χ0n) is 20.9. The zero-order chi connectivity index (χ0) is 27.3. The van der Waals surface area contributed by atoms with Crippen LogP contribution in [0.25, 0.3) is 0 Å². The lowest BCUT2D eigenvalue weighted by Crippen LogP contribution is -2.57. The molecule has 1 saturated heterocycles. The van der Waals surface area contributed by atoms with E-state index < -0.39 is 47.9 Å². The van der Waals surface area contributed by atoms with Crippen LogP contribution >= 0.6 is 0 Å². The summed E-state index contributed by atoms with van der Waals surface area (Å²) < 4.78 is 0. The van der Waals surface area contributed by atoms with Gasteiger partial charge < -0.3 is 43.6 Å². The van der Waals surface area contributed by atoms with Gasteiger partial charge in [-0.1, -0.05) is 20.3 Å². The predicted molar refractivity (Wildman–Crippen MR) is 132 cm³/mol. The smallest absolute Gasteiger partial charge is 0.326 e. The van der Waals surface area contributed by atoms with E-state index in [9.17, 15) is 29.1 Å². The summed E-state index contributed by atoms with van der Waals surface area (Å²) in [5.74, 6) is -4.16. The van der Waals surface area contributed by atoms with Crippen molar-refractivity contribution in [1.82, 2.24) is 21.3 Å². The summed E-state index contributed by atoms with van der Waals surface area (Å²) in [4.78, 5) is 65.6. The number of hydrogen-bond acceptors (Lipinski definition) is 7. The van der Waals surface area contributed by atoms with Gasteiger partial charge in [-0.15, -0.1) is 0 Å². The van der Waals surface area contributed by atoms with Gasteiger partial charge in [0.2, 0.25) is 23.6 Å². The molecule has 0 bridgehead atoms. The van der Waals surface area contributed by atoms with Gasteiger partial charge in [-0.2, -0.15) is 0 Å². The molecule has 0 aliphatic carbocycles. The second-order valence-electron chi connectivity index (χ2n) is 8.94. The van der Waals surface area contributed by atoms with Crippen molar-refractivity contribution in [2.45, 2.75) is 83.0 Å². The Morgan fingerprint density at radius 3 is 2.19 bits per heavy atom. The number of nitrogens with two attached hydrogens (primary N) is 3. The number of primary amides is 1. The van der Waals surface area contributed by atoms with Crippen molar-refractivity contribution in [2.75, 3.05) is 13.1 Å². The highest BCUT2D eigenvalue weighted by Gasteiger charge is 2.32. The SMILES string of the molecule is CCC(C)C(NC(=O)C(CCC(N)=O)NC(=O)C(CCCN=C(N)N)NC(=O)C1CCCN1)C(=O)O. The quantitative estimate of drug-likeness (QED) is 0.0625. The molecule has 4 amide bonds. The maximum Gasteiger partial charge on any atom is 0.326 e. The molecule has 0 aromatic carbocycles. The Kier molecular flexibility index (Phi) is 13.2. The maximum atomic E-state index is 13.1. The Bertz CT molecular complexity index is 810. The van der Waals surface area contributed by atoms with Gasteiger partial charge in [0, 0.05) is 13.0 Å². The van der Waals surface area contributed by atoms with Crippen LogP contribution in [0, 0.1) is 5.92 Å². The minimum Gasteiger partial charge on any atom is -0.480 e. The van der Waals surface area contributed by atoms with E-state index in [0.717, 1.165) is 6.42 Å². The molecule has 204 valence electrons. The van der Waals surface area contributed by atoms with Gasteiger partial charge in [0.1, 0.15) is 18.1 Å². The number of nitrogens with zero attached hydrogens (tertiary/aromatic N) is 1. The summed E-state index contributed by atoms with van der Waals surface area (Å²) in [6.45, 7) is 4.38. The van der Waals surface area contributed by atoms with Gasteiger partial charge in [0.25, 0.3) is 0 Å². The van der Waals surface area contributed by atoms with Crippen LogP contribution in [0.1, 0.15) is 58.8 Å². The molecule has 14 heteroatoms. The van der Waals surface area contributed by atoms with E-state index in [1.54, 1.807) is 13.8 Å². The first-order chi connectivity index (χ1) is 17.0. The molecule has 36 heavy (non-hydrogen) atoms. The molecule has 0 radical (unpaired) electrons. The van der Waals surface area contributed by atoms with Crippen LogP contribution in [0.4, 0.5) is 0 Å². The third kappa shape index (κ3) is 10.9. The molecule has 1 rings (SSSR count). The van der Waals surface area contributed by atoms with Gasteiger partial charge in [0.15, 0.2) is 5.96 Å². The second-order valence-corrected chi connectivity index (χ2v) is 8.94. The second kappa shape index (κ2) is 15.5. The van der Waals surface area contributed by atoms with E-state index in [1.807, 2.05) is 0 Å². The van der Waals surface area contributed by atoms with E-state index >= 15 is 0 Å². The molecule has 11 N–H and O–H groups in total. The lowest BCUT2D eigenvalue weighted by molar-refractivity contribution is -0.144. The molecule has 0 spiro atoms. The van der Waals surface area contributed by atoms with Gasteiger partial charge >= 0.3 is 5.97 Å². The van der Waals surface area contributed by atoms with Crippen molar-refractivity contribution in [3.63, 3.8) is 0 Å². The van der Waals surface area contributed by atoms with Crippen LogP contribution in [0.5, 0.6) is 0 Å². The maximum absolute atomic E-state index is 13.1. The average molecular weight is 513 g/mol. The normalized spacial score (nSPS) is 18.2. The Morgan fingerprint density at radius 1 is 1.03 bits per heavy atom. The van der Waals surface area contributed by atoms with E-state index in [4.69, 9.17) is 17.2 Å². The Balaban J connectivity index is 3.00. The summed E-state index contributed by atoms with van der Waals surface area (Å²) in [6.07, 6.45) is 2.14. The average Bonchev–Trinajstić information content (AvgIpc) is 3.35. The number of aliphatic carboxylic acids is 1. The molecule has 0 saturated carbocycles. The molecule has 14 nitrogen and oxygen atoms in total. The number of aliphatic imine (C=N–C) groups is 1. The molecule has 5 atom stereocenters. The van der Waals surface area contributed by atoms with Crippen LogP contribution < -0.4 is 38.5 Å². The number of hydrogen-bond donors (Lipinski definition) is 8. The number of carbonyl (C=O) groups excluding carboxylic acids is 4. The van der Waals surface area contributed by atoms with Crippen molar-refractivity contribution in [1.29, 1.82) is 0 Å². The van der Waals surface area contributed by atoms with Crippen LogP contribution in [-0.2, 0) is 24.0 Å². The van der Waals surface area contributed by atoms with E-state index in [2.05, 4.69) is 26.3 Å². The zero-order valence-corrected chi connectivity index (χ0v) is 20.9. The fourth-order valence-corrected chi connectivity index (χ4v) is 3.72. The molecule has 0 aromatic rings. The number of nitrogens with one attached hydrogen (secondary N) is 4. The molecule has 0 aromatic heterocycles. The molecular formula is C22H40N8O6. The first kappa shape index (κ1) is 30.6. The van der Waals surface area contributed by atoms with Crippen molar-refractivity contribution in [3.8, 4) is 0 Å². The number of carboxylic acid groups (broad SMARTS) is 1. The lowest BCUT2D eigenvalue weighted by Gasteiger charge is -2.26. The molecule has 1 heterocycles. The Hall–Kier alpha value is -3.42. The monoisotopic (exact) mass is 512 g/mol. The third-order valence-electron chi connectivity index (χ3n) is 6.04.